The second-order valence-electron chi connectivity index (χ2n) is 4.60. The summed E-state index contributed by atoms with van der Waals surface area (Å²) in [6.07, 6.45) is 2.44. The minimum atomic E-state index is -0.576. The van der Waals surface area contributed by atoms with Crippen molar-refractivity contribution in [1.29, 1.82) is 0 Å². The molecule has 0 aliphatic carbocycles. The van der Waals surface area contributed by atoms with Gasteiger partial charge in [-0.1, -0.05) is 38.8 Å². The molecule has 2 aromatic rings. The quantitative estimate of drug-likeness (QED) is 0.942. The first-order valence-corrected chi connectivity index (χ1v) is 6.65. The van der Waals surface area contributed by atoms with Gasteiger partial charge < -0.3 is 5.73 Å². The van der Waals surface area contributed by atoms with Crippen LogP contribution in [-0.4, -0.2) is 15.0 Å². The van der Waals surface area contributed by atoms with Crippen molar-refractivity contribution < 1.29 is 0 Å². The summed E-state index contributed by atoms with van der Waals surface area (Å²) >= 11 is 9.62. The Bertz CT molecular complexity index is 565. The topological polar surface area (TPSA) is 56.7 Å². The Kier molecular flexibility index (Phi) is 3.75. The Hall–Kier alpha value is -0.910. The normalized spacial score (nSPS) is 14.5. The minimum absolute atomic E-state index is 0.576. The molecule has 0 saturated heterocycles. The van der Waals surface area contributed by atoms with Crippen molar-refractivity contribution in [1.82, 2.24) is 15.0 Å². The van der Waals surface area contributed by atoms with E-state index < -0.39 is 5.54 Å². The molecule has 4 nitrogen and oxygen atoms in total. The van der Waals surface area contributed by atoms with Gasteiger partial charge >= 0.3 is 0 Å². The molecule has 0 fully saturated rings. The molecule has 1 heterocycles. The lowest BCUT2D eigenvalue weighted by atomic mass is 9.88. The summed E-state index contributed by atoms with van der Waals surface area (Å²) in [5.41, 5.74) is 7.53. The van der Waals surface area contributed by atoms with Crippen LogP contribution in [-0.2, 0) is 19.0 Å². The van der Waals surface area contributed by atoms with Crippen molar-refractivity contribution in [3.63, 3.8) is 0 Å². The van der Waals surface area contributed by atoms with Crippen LogP contribution in [0.5, 0.6) is 0 Å². The lowest BCUT2D eigenvalue weighted by molar-refractivity contribution is 0.485. The Labute approximate surface area is 119 Å². The summed E-state index contributed by atoms with van der Waals surface area (Å²) in [4.78, 5) is 0. The molecule has 1 atom stereocenters. The number of halogens is 2. The molecule has 18 heavy (non-hydrogen) atoms. The molecular weight excluding hydrogens is 316 g/mol. The van der Waals surface area contributed by atoms with Crippen LogP contribution in [0.1, 0.15) is 18.2 Å². The highest BCUT2D eigenvalue weighted by Crippen LogP contribution is 2.30. The molecule has 0 aliphatic heterocycles. The van der Waals surface area contributed by atoms with Gasteiger partial charge in [-0.15, -0.1) is 5.10 Å². The minimum Gasteiger partial charge on any atom is -0.321 e. The molecular formula is C12H14BrClN4. The third-order valence-electron chi connectivity index (χ3n) is 2.74. The average molecular weight is 330 g/mol. The van der Waals surface area contributed by atoms with Crippen LogP contribution >= 0.6 is 27.5 Å². The van der Waals surface area contributed by atoms with Crippen LogP contribution in [0.3, 0.4) is 0 Å². The monoisotopic (exact) mass is 328 g/mol. The maximum atomic E-state index is 6.35. The number of hydrogen-bond donors (Lipinski definition) is 1. The SMILES string of the molecule is Cn1cc(CC(C)(N)c2ccc(Br)cc2Cl)nn1. The van der Waals surface area contributed by atoms with E-state index in [0.29, 0.717) is 11.4 Å². The third-order valence-corrected chi connectivity index (χ3v) is 3.55. The maximum absolute atomic E-state index is 6.35. The number of aryl methyl sites for hydroxylation is 1. The fourth-order valence-corrected chi connectivity index (χ4v) is 2.79. The number of nitrogens with two attached hydrogens (primary N) is 1. The second-order valence-corrected chi connectivity index (χ2v) is 5.92. The van der Waals surface area contributed by atoms with Gasteiger partial charge in [-0.2, -0.15) is 0 Å². The number of hydrogen-bond acceptors (Lipinski definition) is 3. The van der Waals surface area contributed by atoms with E-state index in [1.807, 2.05) is 38.4 Å². The van der Waals surface area contributed by atoms with Gasteiger partial charge in [0.25, 0.3) is 0 Å². The van der Waals surface area contributed by atoms with E-state index in [1.165, 1.54) is 0 Å². The molecule has 2 N–H and O–H groups in total. The molecule has 0 bridgehead atoms. The lowest BCUT2D eigenvalue weighted by Crippen LogP contribution is -2.36. The van der Waals surface area contributed by atoms with E-state index in [2.05, 4.69) is 26.2 Å². The number of aromatic nitrogens is 3. The van der Waals surface area contributed by atoms with Crippen LogP contribution in [0, 0.1) is 0 Å². The van der Waals surface area contributed by atoms with Gasteiger partial charge in [0.2, 0.25) is 0 Å². The molecule has 0 amide bonds. The molecule has 0 spiro atoms. The van der Waals surface area contributed by atoms with Crippen LogP contribution in [0.15, 0.2) is 28.9 Å². The summed E-state index contributed by atoms with van der Waals surface area (Å²) in [5.74, 6) is 0. The number of rotatable bonds is 3. The summed E-state index contributed by atoms with van der Waals surface area (Å²) in [6.45, 7) is 1.94. The maximum Gasteiger partial charge on any atom is 0.0848 e. The fraction of sp³-hybridized carbons (Fsp3) is 0.333. The Balaban J connectivity index is 2.29. The van der Waals surface area contributed by atoms with Gasteiger partial charge in [0.15, 0.2) is 0 Å². The summed E-state index contributed by atoms with van der Waals surface area (Å²) in [7, 11) is 1.83. The summed E-state index contributed by atoms with van der Waals surface area (Å²) < 4.78 is 2.60. The Morgan fingerprint density at radius 2 is 2.22 bits per heavy atom. The highest BCUT2D eigenvalue weighted by atomic mass is 79.9. The van der Waals surface area contributed by atoms with Crippen LogP contribution in [0.4, 0.5) is 0 Å². The largest absolute Gasteiger partial charge is 0.321 e. The van der Waals surface area contributed by atoms with Crippen LogP contribution in [0.2, 0.25) is 5.02 Å². The van der Waals surface area contributed by atoms with Crippen LogP contribution < -0.4 is 5.73 Å². The molecule has 0 aliphatic rings. The highest BCUT2D eigenvalue weighted by Gasteiger charge is 2.25. The molecule has 2 rings (SSSR count). The molecule has 1 aromatic carbocycles. The van der Waals surface area contributed by atoms with Crippen molar-refractivity contribution >= 4 is 27.5 Å². The van der Waals surface area contributed by atoms with E-state index >= 15 is 0 Å². The fourth-order valence-electron chi connectivity index (χ4n) is 1.90. The highest BCUT2D eigenvalue weighted by molar-refractivity contribution is 9.10. The smallest absolute Gasteiger partial charge is 0.0848 e. The van der Waals surface area contributed by atoms with Gasteiger partial charge in [-0.05, 0) is 24.6 Å². The first-order valence-electron chi connectivity index (χ1n) is 5.48. The molecule has 1 aromatic heterocycles. The third kappa shape index (κ3) is 2.91. The van der Waals surface area contributed by atoms with Gasteiger partial charge in [-0.3, -0.25) is 4.68 Å². The second kappa shape index (κ2) is 4.99. The van der Waals surface area contributed by atoms with Crippen molar-refractivity contribution in [2.45, 2.75) is 18.9 Å². The van der Waals surface area contributed by atoms with Gasteiger partial charge in [-0.25, -0.2) is 0 Å². The predicted octanol–water partition coefficient (Wildman–Crippen LogP) is 2.65. The standard InChI is InChI=1S/C12H14BrClN4/c1-12(15,6-9-7-18(2)17-16-9)10-4-3-8(13)5-11(10)14/h3-5,7H,6,15H2,1-2H3. The lowest BCUT2D eigenvalue weighted by Gasteiger charge is -2.25. The van der Waals surface area contributed by atoms with Crippen molar-refractivity contribution in [3.05, 3.63) is 45.1 Å². The zero-order valence-electron chi connectivity index (χ0n) is 10.2. The first-order chi connectivity index (χ1) is 8.38. The molecule has 6 heteroatoms. The molecule has 96 valence electrons. The molecule has 1 unspecified atom stereocenters. The zero-order valence-corrected chi connectivity index (χ0v) is 12.5. The zero-order chi connectivity index (χ0) is 13.3. The summed E-state index contributed by atoms with van der Waals surface area (Å²) in [6, 6.07) is 5.71. The van der Waals surface area contributed by atoms with E-state index in [1.54, 1.807) is 4.68 Å². The van der Waals surface area contributed by atoms with Gasteiger partial charge in [0, 0.05) is 34.7 Å². The van der Waals surface area contributed by atoms with Crippen molar-refractivity contribution in [2.24, 2.45) is 12.8 Å². The predicted molar refractivity (Wildman–Crippen MR) is 75.4 cm³/mol. The Morgan fingerprint density at radius 1 is 1.50 bits per heavy atom. The average Bonchev–Trinajstić information content (AvgIpc) is 2.62. The van der Waals surface area contributed by atoms with E-state index in [0.717, 1.165) is 15.7 Å². The Morgan fingerprint density at radius 3 is 2.78 bits per heavy atom. The van der Waals surface area contributed by atoms with Crippen LogP contribution in [0.25, 0.3) is 0 Å². The molecule has 0 saturated carbocycles. The van der Waals surface area contributed by atoms with E-state index in [4.69, 9.17) is 17.3 Å². The van der Waals surface area contributed by atoms with Crippen molar-refractivity contribution in [2.75, 3.05) is 0 Å². The number of nitrogens with zero attached hydrogens (tertiary/aromatic N) is 3. The van der Waals surface area contributed by atoms with E-state index in [9.17, 15) is 0 Å². The van der Waals surface area contributed by atoms with Gasteiger partial charge in [0.1, 0.15) is 0 Å². The summed E-state index contributed by atoms with van der Waals surface area (Å²) in [5, 5.41) is 8.61. The van der Waals surface area contributed by atoms with E-state index in [-0.39, 0.29) is 0 Å². The number of benzene rings is 1. The van der Waals surface area contributed by atoms with Crippen molar-refractivity contribution in [3.8, 4) is 0 Å². The van der Waals surface area contributed by atoms with Gasteiger partial charge in [0.05, 0.1) is 5.69 Å². The molecule has 0 radical (unpaired) electrons. The first kappa shape index (κ1) is 13.5.